The summed E-state index contributed by atoms with van der Waals surface area (Å²) in [4.78, 5) is 17.0. The van der Waals surface area contributed by atoms with Crippen molar-refractivity contribution in [2.75, 3.05) is 43.4 Å². The maximum absolute atomic E-state index is 12.3. The van der Waals surface area contributed by atoms with E-state index in [1.807, 2.05) is 11.9 Å². The Kier molecular flexibility index (Phi) is 7.01. The van der Waals surface area contributed by atoms with Gasteiger partial charge in [0, 0.05) is 25.3 Å². The van der Waals surface area contributed by atoms with Gasteiger partial charge >= 0.3 is 6.36 Å². The number of hydrogen-bond donors (Lipinski definition) is 1. The van der Waals surface area contributed by atoms with Crippen LogP contribution in [-0.2, 0) is 3.79 Å². The van der Waals surface area contributed by atoms with E-state index in [1.54, 1.807) is 0 Å². The summed E-state index contributed by atoms with van der Waals surface area (Å²) in [5.74, 6) is 0.0410. The van der Waals surface area contributed by atoms with Gasteiger partial charge in [-0.3, -0.25) is 0 Å². The quantitative estimate of drug-likeness (QED) is 0.641. The minimum atomic E-state index is -4.77. The molecule has 0 atom stereocenters. The Morgan fingerprint density at radius 1 is 0.967 bits per heavy atom. The van der Waals surface area contributed by atoms with Crippen molar-refractivity contribution in [1.29, 1.82) is 0 Å². The van der Waals surface area contributed by atoms with E-state index >= 15 is 0 Å². The van der Waals surface area contributed by atoms with E-state index in [-0.39, 0.29) is 17.5 Å². The third-order valence-corrected chi connectivity index (χ3v) is 4.73. The lowest BCUT2D eigenvalue weighted by atomic mass is 10.3. The molecule has 164 valence electrons. The molecular weight excluding hydrogens is 468 g/mol. The summed E-state index contributed by atoms with van der Waals surface area (Å²) in [5.41, 5.74) is 0.424. The van der Waals surface area contributed by atoms with E-state index < -0.39 is 10.2 Å². The van der Waals surface area contributed by atoms with Gasteiger partial charge in [0.2, 0.25) is 15.7 Å². The van der Waals surface area contributed by atoms with Gasteiger partial charge in [0.1, 0.15) is 5.75 Å². The number of likely N-dealkylation sites (N-methyl/N-ethyl adjacent to an activating group) is 1. The molecule has 0 saturated carbocycles. The highest BCUT2D eigenvalue weighted by Crippen LogP contribution is 2.37. The monoisotopic (exact) mass is 484 g/mol. The smallest absolute Gasteiger partial charge is 0.406 e. The first-order chi connectivity index (χ1) is 14.0. The fourth-order valence-corrected chi connectivity index (χ4v) is 3.06. The van der Waals surface area contributed by atoms with Crippen LogP contribution >= 0.6 is 34.8 Å². The lowest BCUT2D eigenvalue weighted by molar-refractivity contribution is -0.274. The summed E-state index contributed by atoms with van der Waals surface area (Å²) >= 11 is 17.9. The Morgan fingerprint density at radius 3 is 2.30 bits per heavy atom. The van der Waals surface area contributed by atoms with Gasteiger partial charge in [-0.15, -0.1) is 13.2 Å². The van der Waals surface area contributed by atoms with E-state index in [0.29, 0.717) is 18.2 Å². The molecule has 1 N–H and O–H groups in total. The molecule has 0 aliphatic carbocycles. The molecule has 2 aromatic rings. The second-order valence-corrected chi connectivity index (χ2v) is 8.90. The summed E-state index contributed by atoms with van der Waals surface area (Å²) in [7, 11) is 2.03. The zero-order valence-electron chi connectivity index (χ0n) is 15.8. The molecule has 30 heavy (non-hydrogen) atoms. The molecule has 13 heteroatoms. The number of rotatable bonds is 4. The Labute approximate surface area is 186 Å². The van der Waals surface area contributed by atoms with E-state index in [1.165, 1.54) is 24.3 Å². The fourth-order valence-electron chi connectivity index (χ4n) is 2.80. The molecule has 1 fully saturated rings. The Hall–Kier alpha value is -1.75. The van der Waals surface area contributed by atoms with Crippen LogP contribution in [0.1, 0.15) is 12.2 Å². The second kappa shape index (κ2) is 9.17. The summed E-state index contributed by atoms with van der Waals surface area (Å²) in [6, 6.07) is 5.11. The Balaban J connectivity index is 1.84. The summed E-state index contributed by atoms with van der Waals surface area (Å²) in [5, 5.41) is 2.90. The van der Waals surface area contributed by atoms with Crippen molar-refractivity contribution < 1.29 is 17.9 Å². The van der Waals surface area contributed by atoms with Crippen LogP contribution in [0.15, 0.2) is 24.3 Å². The number of nitrogens with one attached hydrogen (secondary N) is 1. The molecule has 1 aromatic heterocycles. The van der Waals surface area contributed by atoms with Crippen molar-refractivity contribution in [3.05, 3.63) is 30.1 Å². The van der Waals surface area contributed by atoms with Crippen LogP contribution in [0.4, 0.5) is 30.8 Å². The second-order valence-electron chi connectivity index (χ2n) is 6.62. The van der Waals surface area contributed by atoms with Crippen LogP contribution in [0.5, 0.6) is 5.75 Å². The average Bonchev–Trinajstić information content (AvgIpc) is 2.86. The molecule has 2 heterocycles. The maximum atomic E-state index is 12.3. The average molecular weight is 486 g/mol. The van der Waals surface area contributed by atoms with E-state index in [2.05, 4.69) is 29.9 Å². The number of anilines is 3. The highest BCUT2D eigenvalue weighted by Gasteiger charge is 2.31. The first-order valence-corrected chi connectivity index (χ1v) is 10.0. The molecule has 0 spiro atoms. The standard InChI is InChI=1S/C17H18Cl3F3N6O/c1-28-7-2-8-29(10-9-28)15-26-13(16(18,19)20)25-14(27-15)24-11-3-5-12(6-4-11)30-17(21,22)23/h3-6H,2,7-10H2,1H3,(H,24,25,26,27). The molecule has 1 aliphatic rings. The van der Waals surface area contributed by atoms with Crippen LogP contribution in [-0.4, -0.2) is 59.4 Å². The first-order valence-electron chi connectivity index (χ1n) is 8.89. The summed E-state index contributed by atoms with van der Waals surface area (Å²) in [6.45, 7) is 3.16. The number of halogens is 6. The molecule has 0 unspecified atom stereocenters. The van der Waals surface area contributed by atoms with Crippen molar-refractivity contribution in [2.24, 2.45) is 0 Å². The van der Waals surface area contributed by atoms with Gasteiger partial charge in [0.05, 0.1) is 0 Å². The number of benzene rings is 1. The molecule has 0 amide bonds. The number of ether oxygens (including phenoxy) is 1. The third kappa shape index (κ3) is 6.63. The van der Waals surface area contributed by atoms with Crippen molar-refractivity contribution >= 4 is 52.4 Å². The molecule has 3 rings (SSSR count). The number of hydrogen-bond acceptors (Lipinski definition) is 7. The zero-order valence-corrected chi connectivity index (χ0v) is 18.0. The molecular formula is C17H18Cl3F3N6O. The minimum absolute atomic E-state index is 0.0605. The zero-order chi connectivity index (χ0) is 21.9. The molecule has 1 aliphatic heterocycles. The SMILES string of the molecule is CN1CCCN(c2nc(Nc3ccc(OC(F)(F)F)cc3)nc(C(Cl)(Cl)Cl)n2)CC1. The van der Waals surface area contributed by atoms with Gasteiger partial charge in [-0.2, -0.15) is 15.0 Å². The largest absolute Gasteiger partial charge is 0.573 e. The summed E-state index contributed by atoms with van der Waals surface area (Å²) < 4.78 is 38.9. The van der Waals surface area contributed by atoms with Crippen LogP contribution in [0, 0.1) is 0 Å². The molecule has 0 bridgehead atoms. The van der Waals surface area contributed by atoms with Crippen molar-refractivity contribution in [3.8, 4) is 5.75 Å². The minimum Gasteiger partial charge on any atom is -0.406 e. The predicted molar refractivity (Wildman–Crippen MR) is 110 cm³/mol. The van der Waals surface area contributed by atoms with Crippen molar-refractivity contribution in [3.63, 3.8) is 0 Å². The fraction of sp³-hybridized carbons (Fsp3) is 0.471. The lowest BCUT2D eigenvalue weighted by Gasteiger charge is -2.22. The van der Waals surface area contributed by atoms with Gasteiger partial charge in [0.25, 0.3) is 0 Å². The summed E-state index contributed by atoms with van der Waals surface area (Å²) in [6.07, 6.45) is -3.85. The Bertz CT molecular complexity index is 863. The molecule has 1 aromatic carbocycles. The number of alkyl halides is 6. The highest BCUT2D eigenvalue weighted by atomic mass is 35.6. The van der Waals surface area contributed by atoms with Crippen LogP contribution < -0.4 is 15.0 Å². The van der Waals surface area contributed by atoms with Gasteiger partial charge in [-0.1, -0.05) is 34.8 Å². The van der Waals surface area contributed by atoms with Crippen LogP contribution in [0.2, 0.25) is 0 Å². The molecule has 1 saturated heterocycles. The van der Waals surface area contributed by atoms with Gasteiger partial charge in [-0.25, -0.2) is 0 Å². The number of aromatic nitrogens is 3. The Morgan fingerprint density at radius 2 is 1.67 bits per heavy atom. The normalized spacial score (nSPS) is 16.3. The molecule has 7 nitrogen and oxygen atoms in total. The van der Waals surface area contributed by atoms with Crippen LogP contribution in [0.25, 0.3) is 0 Å². The van der Waals surface area contributed by atoms with Crippen molar-refractivity contribution in [2.45, 2.75) is 16.6 Å². The van der Waals surface area contributed by atoms with Crippen molar-refractivity contribution in [1.82, 2.24) is 19.9 Å². The number of nitrogens with zero attached hydrogens (tertiary/aromatic N) is 5. The third-order valence-electron chi connectivity index (χ3n) is 4.22. The first kappa shape index (κ1) is 22.9. The highest BCUT2D eigenvalue weighted by molar-refractivity contribution is 6.66. The van der Waals surface area contributed by atoms with Gasteiger partial charge in [0.15, 0.2) is 5.82 Å². The lowest BCUT2D eigenvalue weighted by Crippen LogP contribution is -2.31. The predicted octanol–water partition coefficient (Wildman–Crippen LogP) is 4.48. The molecule has 0 radical (unpaired) electrons. The van der Waals surface area contributed by atoms with E-state index in [0.717, 1.165) is 26.1 Å². The van der Waals surface area contributed by atoms with Gasteiger partial charge < -0.3 is 19.9 Å². The van der Waals surface area contributed by atoms with Gasteiger partial charge in [-0.05, 0) is 44.3 Å². The van der Waals surface area contributed by atoms with Crippen LogP contribution in [0.3, 0.4) is 0 Å². The maximum Gasteiger partial charge on any atom is 0.573 e. The van der Waals surface area contributed by atoms with E-state index in [9.17, 15) is 13.2 Å². The van der Waals surface area contributed by atoms with E-state index in [4.69, 9.17) is 34.8 Å². The topological polar surface area (TPSA) is 66.4 Å².